The highest BCUT2D eigenvalue weighted by molar-refractivity contribution is 5.57. The number of methoxy groups -OCH3 is 1. The van der Waals surface area contributed by atoms with E-state index in [2.05, 4.69) is 17.4 Å². The molecule has 0 saturated heterocycles. The van der Waals surface area contributed by atoms with Crippen molar-refractivity contribution in [3.05, 3.63) is 23.8 Å². The van der Waals surface area contributed by atoms with E-state index in [1.54, 1.807) is 7.11 Å². The van der Waals surface area contributed by atoms with Crippen LogP contribution in [0.25, 0.3) is 0 Å². The summed E-state index contributed by atoms with van der Waals surface area (Å²) in [5.41, 5.74) is 2.45. The normalized spacial score (nSPS) is 19.2. The van der Waals surface area contributed by atoms with Gasteiger partial charge in [0.15, 0.2) is 0 Å². The van der Waals surface area contributed by atoms with Gasteiger partial charge in [-0.3, -0.25) is 0 Å². The van der Waals surface area contributed by atoms with Gasteiger partial charge in [-0.25, -0.2) is 0 Å². The number of ether oxygens (including phenoxy) is 1. The molecule has 3 heteroatoms. The molecule has 82 valence electrons. The van der Waals surface area contributed by atoms with Crippen molar-refractivity contribution in [3.8, 4) is 5.75 Å². The predicted molar refractivity (Wildman–Crippen MR) is 60.5 cm³/mol. The Morgan fingerprint density at radius 2 is 2.40 bits per heavy atom. The Balaban J connectivity index is 2.30. The van der Waals surface area contributed by atoms with E-state index in [1.807, 2.05) is 6.07 Å². The van der Waals surface area contributed by atoms with Gasteiger partial charge >= 0.3 is 0 Å². The minimum atomic E-state index is 0.251. The lowest BCUT2D eigenvalue weighted by Crippen LogP contribution is -2.17. The van der Waals surface area contributed by atoms with Crippen LogP contribution >= 0.6 is 0 Å². The second-order valence-corrected chi connectivity index (χ2v) is 3.88. The second-order valence-electron chi connectivity index (χ2n) is 3.88. The van der Waals surface area contributed by atoms with Crippen molar-refractivity contribution >= 4 is 5.69 Å². The molecular formula is C12H17NO2. The van der Waals surface area contributed by atoms with E-state index in [0.717, 1.165) is 25.1 Å². The summed E-state index contributed by atoms with van der Waals surface area (Å²) < 4.78 is 5.22. The zero-order chi connectivity index (χ0) is 10.7. The first kappa shape index (κ1) is 10.3. The Hall–Kier alpha value is -1.22. The average Bonchev–Trinajstić information content (AvgIpc) is 2.29. The van der Waals surface area contributed by atoms with Gasteiger partial charge in [0.1, 0.15) is 5.75 Å². The summed E-state index contributed by atoms with van der Waals surface area (Å²) in [6.45, 7) is 1.24. The van der Waals surface area contributed by atoms with Crippen LogP contribution in [0.5, 0.6) is 5.75 Å². The monoisotopic (exact) mass is 207 g/mol. The molecular weight excluding hydrogens is 190 g/mol. The molecule has 1 aromatic carbocycles. The van der Waals surface area contributed by atoms with E-state index in [9.17, 15) is 0 Å². The van der Waals surface area contributed by atoms with Crippen molar-refractivity contribution in [1.82, 2.24) is 0 Å². The smallest absolute Gasteiger partial charge is 0.119 e. The van der Waals surface area contributed by atoms with Crippen LogP contribution in [0.3, 0.4) is 0 Å². The summed E-state index contributed by atoms with van der Waals surface area (Å²) in [5.74, 6) is 1.35. The number of aliphatic hydroxyl groups excluding tert-OH is 1. The number of nitrogens with one attached hydrogen (secondary N) is 1. The molecule has 1 aliphatic heterocycles. The van der Waals surface area contributed by atoms with Gasteiger partial charge in [-0.1, -0.05) is 0 Å². The number of hydrogen-bond acceptors (Lipinski definition) is 3. The van der Waals surface area contributed by atoms with Crippen LogP contribution in [0.15, 0.2) is 18.2 Å². The molecule has 0 radical (unpaired) electrons. The number of aliphatic hydroxyl groups is 1. The second kappa shape index (κ2) is 4.53. The minimum absolute atomic E-state index is 0.251. The summed E-state index contributed by atoms with van der Waals surface area (Å²) in [6.07, 6.45) is 1.92. The van der Waals surface area contributed by atoms with Crippen LogP contribution in [0.4, 0.5) is 5.69 Å². The number of benzene rings is 1. The van der Waals surface area contributed by atoms with E-state index < -0.39 is 0 Å². The van der Waals surface area contributed by atoms with Gasteiger partial charge in [-0.05, 0) is 42.5 Å². The Morgan fingerprint density at radius 3 is 3.13 bits per heavy atom. The lowest BCUT2D eigenvalue weighted by Gasteiger charge is -2.26. The van der Waals surface area contributed by atoms with Gasteiger partial charge in [-0.2, -0.15) is 0 Å². The fourth-order valence-electron chi connectivity index (χ4n) is 2.16. The van der Waals surface area contributed by atoms with Gasteiger partial charge < -0.3 is 15.2 Å². The van der Waals surface area contributed by atoms with E-state index in [1.165, 1.54) is 11.3 Å². The highest BCUT2D eigenvalue weighted by atomic mass is 16.5. The molecule has 1 aliphatic rings. The van der Waals surface area contributed by atoms with Crippen LogP contribution in [-0.2, 0) is 0 Å². The first-order chi connectivity index (χ1) is 7.35. The lowest BCUT2D eigenvalue weighted by molar-refractivity contribution is 0.272. The lowest BCUT2D eigenvalue weighted by atomic mass is 9.88. The van der Waals surface area contributed by atoms with Crippen molar-refractivity contribution < 1.29 is 9.84 Å². The Labute approximate surface area is 90.1 Å². The molecule has 15 heavy (non-hydrogen) atoms. The molecule has 2 rings (SSSR count). The molecule has 0 amide bonds. The van der Waals surface area contributed by atoms with Gasteiger partial charge in [0.25, 0.3) is 0 Å². The molecule has 0 saturated carbocycles. The standard InChI is InChI=1S/C12H17NO2/c1-15-10-2-3-12-11(8-10)9(5-7-14)4-6-13-12/h2-3,8-9,13-14H,4-7H2,1H3. The molecule has 0 spiro atoms. The molecule has 0 bridgehead atoms. The molecule has 2 N–H and O–H groups in total. The fourth-order valence-corrected chi connectivity index (χ4v) is 2.16. The van der Waals surface area contributed by atoms with Gasteiger partial charge in [0, 0.05) is 18.8 Å². The third kappa shape index (κ3) is 2.07. The van der Waals surface area contributed by atoms with Gasteiger partial charge in [-0.15, -0.1) is 0 Å². The molecule has 0 aromatic heterocycles. The van der Waals surface area contributed by atoms with E-state index >= 15 is 0 Å². The van der Waals surface area contributed by atoms with Crippen molar-refractivity contribution in [2.45, 2.75) is 18.8 Å². The summed E-state index contributed by atoms with van der Waals surface area (Å²) >= 11 is 0. The maximum atomic E-state index is 9.02. The SMILES string of the molecule is COc1ccc2c(c1)C(CCO)CCN2. The number of fused-ring (bicyclic) bond motifs is 1. The maximum Gasteiger partial charge on any atom is 0.119 e. The quantitative estimate of drug-likeness (QED) is 0.796. The van der Waals surface area contributed by atoms with Crippen molar-refractivity contribution in [2.75, 3.05) is 25.6 Å². The number of hydrogen-bond donors (Lipinski definition) is 2. The molecule has 1 heterocycles. The zero-order valence-corrected chi connectivity index (χ0v) is 8.99. The van der Waals surface area contributed by atoms with Crippen LogP contribution in [0.1, 0.15) is 24.3 Å². The topological polar surface area (TPSA) is 41.5 Å². The average molecular weight is 207 g/mol. The Kier molecular flexibility index (Phi) is 3.11. The van der Waals surface area contributed by atoms with Gasteiger partial charge in [0.05, 0.1) is 7.11 Å². The predicted octanol–water partition coefficient (Wildman–Crippen LogP) is 1.98. The number of anilines is 1. The molecule has 0 fully saturated rings. The number of rotatable bonds is 3. The van der Waals surface area contributed by atoms with Crippen LogP contribution in [-0.4, -0.2) is 25.4 Å². The summed E-state index contributed by atoms with van der Waals surface area (Å²) in [6, 6.07) is 6.09. The zero-order valence-electron chi connectivity index (χ0n) is 8.99. The maximum absolute atomic E-state index is 9.02. The highest BCUT2D eigenvalue weighted by Gasteiger charge is 2.19. The molecule has 1 unspecified atom stereocenters. The Morgan fingerprint density at radius 1 is 1.53 bits per heavy atom. The van der Waals surface area contributed by atoms with E-state index in [-0.39, 0.29) is 6.61 Å². The van der Waals surface area contributed by atoms with Crippen LogP contribution in [0.2, 0.25) is 0 Å². The molecule has 3 nitrogen and oxygen atoms in total. The van der Waals surface area contributed by atoms with Crippen LogP contribution < -0.4 is 10.1 Å². The van der Waals surface area contributed by atoms with E-state index in [0.29, 0.717) is 5.92 Å². The first-order valence-corrected chi connectivity index (χ1v) is 5.38. The summed E-state index contributed by atoms with van der Waals surface area (Å²) in [7, 11) is 1.68. The van der Waals surface area contributed by atoms with E-state index in [4.69, 9.17) is 9.84 Å². The van der Waals surface area contributed by atoms with Crippen molar-refractivity contribution in [1.29, 1.82) is 0 Å². The molecule has 1 atom stereocenters. The summed E-state index contributed by atoms with van der Waals surface area (Å²) in [4.78, 5) is 0. The Bertz CT molecular complexity index is 338. The fraction of sp³-hybridized carbons (Fsp3) is 0.500. The third-order valence-electron chi connectivity index (χ3n) is 2.98. The molecule has 0 aliphatic carbocycles. The van der Waals surface area contributed by atoms with Gasteiger partial charge in [0.2, 0.25) is 0 Å². The summed E-state index contributed by atoms with van der Waals surface area (Å²) in [5, 5.41) is 12.4. The van der Waals surface area contributed by atoms with Crippen molar-refractivity contribution in [2.24, 2.45) is 0 Å². The highest BCUT2D eigenvalue weighted by Crippen LogP contribution is 2.35. The third-order valence-corrected chi connectivity index (χ3v) is 2.98. The molecule has 1 aromatic rings. The van der Waals surface area contributed by atoms with Crippen LogP contribution in [0, 0.1) is 0 Å². The van der Waals surface area contributed by atoms with Crippen molar-refractivity contribution in [3.63, 3.8) is 0 Å². The minimum Gasteiger partial charge on any atom is -0.497 e. The largest absolute Gasteiger partial charge is 0.497 e. The first-order valence-electron chi connectivity index (χ1n) is 5.38.